The van der Waals surface area contributed by atoms with Crippen molar-refractivity contribution >= 4 is 11.3 Å². The van der Waals surface area contributed by atoms with E-state index in [2.05, 4.69) is 16.8 Å². The molecule has 1 N–H and O–H groups in total. The first kappa shape index (κ1) is 10.1. The average Bonchev–Trinajstić information content (AvgIpc) is 2.55. The lowest BCUT2D eigenvalue weighted by atomic mass is 9.89. The van der Waals surface area contributed by atoms with E-state index in [0.717, 1.165) is 32.3 Å². The molecule has 1 unspecified atom stereocenters. The predicted octanol–water partition coefficient (Wildman–Crippen LogP) is 2.22. The van der Waals surface area contributed by atoms with Gasteiger partial charge in [0.25, 0.3) is 0 Å². The fourth-order valence-corrected chi connectivity index (χ4v) is 2.61. The lowest BCUT2D eigenvalue weighted by molar-refractivity contribution is 0.0189. The van der Waals surface area contributed by atoms with Gasteiger partial charge in [-0.3, -0.25) is 0 Å². The molecule has 1 aromatic heterocycles. The number of thiophene rings is 1. The Morgan fingerprint density at radius 1 is 1.43 bits per heavy atom. The molecule has 1 fully saturated rings. The third-order valence-electron chi connectivity index (χ3n) is 2.76. The molecule has 3 heteroatoms. The average molecular weight is 212 g/mol. The predicted molar refractivity (Wildman–Crippen MR) is 57.6 cm³/mol. The van der Waals surface area contributed by atoms with Crippen molar-refractivity contribution in [2.75, 3.05) is 13.2 Å². The molecule has 78 valence electrons. The molecular formula is C11H16O2S. The molecule has 0 radical (unpaired) electrons. The third kappa shape index (κ3) is 2.56. The van der Waals surface area contributed by atoms with Gasteiger partial charge in [0.2, 0.25) is 0 Å². The van der Waals surface area contributed by atoms with Gasteiger partial charge in [-0.2, -0.15) is 11.3 Å². The van der Waals surface area contributed by atoms with Crippen molar-refractivity contribution < 1.29 is 9.84 Å². The van der Waals surface area contributed by atoms with Crippen molar-refractivity contribution in [3.63, 3.8) is 0 Å². The van der Waals surface area contributed by atoms with Gasteiger partial charge in [0, 0.05) is 19.6 Å². The lowest BCUT2D eigenvalue weighted by Gasteiger charge is -2.25. The molecule has 2 rings (SSSR count). The maximum absolute atomic E-state index is 10.3. The SMILES string of the molecule is OC1(Cc2ccsc2)CCCOCC1. The topological polar surface area (TPSA) is 29.5 Å². The monoisotopic (exact) mass is 212 g/mol. The Labute approximate surface area is 88.5 Å². The van der Waals surface area contributed by atoms with Crippen LogP contribution >= 0.6 is 11.3 Å². The highest BCUT2D eigenvalue weighted by molar-refractivity contribution is 7.07. The lowest BCUT2D eigenvalue weighted by Crippen LogP contribution is -2.31. The summed E-state index contributed by atoms with van der Waals surface area (Å²) in [5, 5.41) is 14.5. The molecule has 2 nitrogen and oxygen atoms in total. The zero-order chi connectivity index (χ0) is 9.86. The summed E-state index contributed by atoms with van der Waals surface area (Å²) in [6.45, 7) is 1.49. The van der Waals surface area contributed by atoms with Crippen molar-refractivity contribution in [1.29, 1.82) is 0 Å². The summed E-state index contributed by atoms with van der Waals surface area (Å²) >= 11 is 1.69. The van der Waals surface area contributed by atoms with Crippen LogP contribution < -0.4 is 0 Å². The Hall–Kier alpha value is -0.380. The Kier molecular flexibility index (Phi) is 3.21. The van der Waals surface area contributed by atoms with E-state index in [1.165, 1.54) is 5.56 Å². The second-order valence-electron chi connectivity index (χ2n) is 4.00. The van der Waals surface area contributed by atoms with E-state index < -0.39 is 5.60 Å². The number of rotatable bonds is 2. The van der Waals surface area contributed by atoms with Crippen molar-refractivity contribution in [2.45, 2.75) is 31.3 Å². The maximum Gasteiger partial charge on any atom is 0.0711 e. The van der Waals surface area contributed by atoms with E-state index in [9.17, 15) is 5.11 Å². The van der Waals surface area contributed by atoms with Crippen LogP contribution in [0.5, 0.6) is 0 Å². The molecule has 1 aromatic rings. The molecule has 14 heavy (non-hydrogen) atoms. The molecule has 0 saturated carbocycles. The number of ether oxygens (including phenoxy) is 1. The smallest absolute Gasteiger partial charge is 0.0711 e. The van der Waals surface area contributed by atoms with E-state index in [1.54, 1.807) is 11.3 Å². The zero-order valence-corrected chi connectivity index (χ0v) is 9.05. The summed E-state index contributed by atoms with van der Waals surface area (Å²) in [4.78, 5) is 0. The van der Waals surface area contributed by atoms with Crippen LogP contribution in [0.2, 0.25) is 0 Å². The van der Waals surface area contributed by atoms with Crippen LogP contribution in [0.4, 0.5) is 0 Å². The Morgan fingerprint density at radius 2 is 2.36 bits per heavy atom. The van der Waals surface area contributed by atoms with E-state index >= 15 is 0 Å². The summed E-state index contributed by atoms with van der Waals surface area (Å²) in [6.07, 6.45) is 3.38. The van der Waals surface area contributed by atoms with Crippen LogP contribution in [0.25, 0.3) is 0 Å². The minimum absolute atomic E-state index is 0.530. The summed E-state index contributed by atoms with van der Waals surface area (Å²) < 4.78 is 5.35. The standard InChI is InChI=1S/C11H16O2S/c12-11(3-1-5-13-6-4-11)8-10-2-7-14-9-10/h2,7,9,12H,1,3-6,8H2. The molecule has 1 saturated heterocycles. The van der Waals surface area contributed by atoms with Crippen LogP contribution in [0.15, 0.2) is 16.8 Å². The fourth-order valence-electron chi connectivity index (χ4n) is 1.94. The molecule has 0 aliphatic carbocycles. The minimum atomic E-state index is -0.530. The molecule has 0 aromatic carbocycles. The highest BCUT2D eigenvalue weighted by Gasteiger charge is 2.28. The van der Waals surface area contributed by atoms with E-state index in [0.29, 0.717) is 6.61 Å². The van der Waals surface area contributed by atoms with Gasteiger partial charge in [-0.05, 0) is 41.7 Å². The summed E-state index contributed by atoms with van der Waals surface area (Å²) in [5.74, 6) is 0. The number of hydrogen-bond acceptors (Lipinski definition) is 3. The number of hydrogen-bond donors (Lipinski definition) is 1. The third-order valence-corrected chi connectivity index (χ3v) is 3.49. The van der Waals surface area contributed by atoms with Crippen molar-refractivity contribution in [1.82, 2.24) is 0 Å². The molecular weight excluding hydrogens is 196 g/mol. The van der Waals surface area contributed by atoms with Crippen LogP contribution in [0, 0.1) is 0 Å². The molecule has 0 bridgehead atoms. The van der Waals surface area contributed by atoms with E-state index in [-0.39, 0.29) is 0 Å². The normalized spacial score (nSPS) is 28.6. The van der Waals surface area contributed by atoms with Gasteiger partial charge in [-0.1, -0.05) is 0 Å². The molecule has 1 aliphatic heterocycles. The van der Waals surface area contributed by atoms with E-state index in [4.69, 9.17) is 4.74 Å². The van der Waals surface area contributed by atoms with Gasteiger partial charge in [0.15, 0.2) is 0 Å². The Balaban J connectivity index is 1.99. The molecule has 2 heterocycles. The molecule has 0 amide bonds. The highest BCUT2D eigenvalue weighted by Crippen LogP contribution is 2.26. The highest BCUT2D eigenvalue weighted by atomic mass is 32.1. The van der Waals surface area contributed by atoms with Crippen LogP contribution in [0.3, 0.4) is 0 Å². The van der Waals surface area contributed by atoms with Crippen molar-refractivity contribution in [2.24, 2.45) is 0 Å². The molecule has 0 spiro atoms. The van der Waals surface area contributed by atoms with Gasteiger partial charge < -0.3 is 9.84 Å². The van der Waals surface area contributed by atoms with Gasteiger partial charge >= 0.3 is 0 Å². The van der Waals surface area contributed by atoms with Crippen molar-refractivity contribution in [3.8, 4) is 0 Å². The number of aliphatic hydroxyl groups is 1. The molecule has 1 atom stereocenters. The Morgan fingerprint density at radius 3 is 3.14 bits per heavy atom. The first-order valence-corrected chi connectivity index (χ1v) is 6.04. The minimum Gasteiger partial charge on any atom is -0.389 e. The first-order valence-electron chi connectivity index (χ1n) is 5.10. The summed E-state index contributed by atoms with van der Waals surface area (Å²) in [5.41, 5.74) is 0.719. The molecule has 1 aliphatic rings. The fraction of sp³-hybridized carbons (Fsp3) is 0.636. The quantitative estimate of drug-likeness (QED) is 0.814. The van der Waals surface area contributed by atoms with Crippen LogP contribution in [0.1, 0.15) is 24.8 Å². The zero-order valence-electron chi connectivity index (χ0n) is 8.24. The van der Waals surface area contributed by atoms with Gasteiger partial charge in [-0.15, -0.1) is 0 Å². The summed E-state index contributed by atoms with van der Waals surface area (Å²) in [7, 11) is 0. The van der Waals surface area contributed by atoms with Gasteiger partial charge in [0.1, 0.15) is 0 Å². The van der Waals surface area contributed by atoms with Gasteiger partial charge in [-0.25, -0.2) is 0 Å². The second kappa shape index (κ2) is 4.43. The maximum atomic E-state index is 10.3. The summed E-state index contributed by atoms with van der Waals surface area (Å²) in [6, 6.07) is 2.09. The second-order valence-corrected chi connectivity index (χ2v) is 4.78. The van der Waals surface area contributed by atoms with Crippen molar-refractivity contribution in [3.05, 3.63) is 22.4 Å². The Bertz CT molecular complexity index is 261. The first-order chi connectivity index (χ1) is 6.79. The van der Waals surface area contributed by atoms with Crippen LogP contribution in [-0.4, -0.2) is 23.9 Å². The largest absolute Gasteiger partial charge is 0.389 e. The van der Waals surface area contributed by atoms with Gasteiger partial charge in [0.05, 0.1) is 5.60 Å². The van der Waals surface area contributed by atoms with E-state index in [1.807, 2.05) is 0 Å². The van der Waals surface area contributed by atoms with Crippen LogP contribution in [-0.2, 0) is 11.2 Å².